The molecular weight excluding hydrogens is 443 g/mol. The molecule has 5 N–H and O–H groups in total. The van der Waals surface area contributed by atoms with Crippen molar-refractivity contribution in [2.45, 2.75) is 38.3 Å². The summed E-state index contributed by atoms with van der Waals surface area (Å²) in [6.45, 7) is 2.38. The van der Waals surface area contributed by atoms with Gasteiger partial charge in [-0.15, -0.1) is 0 Å². The summed E-state index contributed by atoms with van der Waals surface area (Å²) in [7, 11) is -2.39. The number of hydrogen-bond donors (Lipinski definition) is 5. The lowest BCUT2D eigenvalue weighted by Gasteiger charge is -2.29. The molecule has 0 saturated heterocycles. The Hall–Kier alpha value is -1.82. The third-order valence-electron chi connectivity index (χ3n) is 4.60. The monoisotopic (exact) mass is 474 g/mol. The lowest BCUT2D eigenvalue weighted by Crippen LogP contribution is -2.49. The molecule has 1 heterocycles. The van der Waals surface area contributed by atoms with Gasteiger partial charge in [-0.2, -0.15) is 4.98 Å². The van der Waals surface area contributed by atoms with Crippen molar-refractivity contribution >= 4 is 18.9 Å². The minimum Gasteiger partial charge on any atom is -0.419 e. The number of benzene rings is 1. The number of rotatable bonds is 13. The highest BCUT2D eigenvalue weighted by atomic mass is 31.2. The zero-order valence-electron chi connectivity index (χ0n) is 18.2. The van der Waals surface area contributed by atoms with E-state index >= 15 is 0 Å². The first-order valence-electron chi connectivity index (χ1n) is 10.2. The normalized spacial score (nSPS) is 15.9. The predicted octanol–water partition coefficient (Wildman–Crippen LogP) is 0.105. The van der Waals surface area contributed by atoms with E-state index in [0.717, 1.165) is 0 Å². The number of aromatic nitrogens is 1. The summed E-state index contributed by atoms with van der Waals surface area (Å²) >= 11 is 0. The molecule has 11 nitrogen and oxygen atoms in total. The molecule has 0 fully saturated rings. The van der Waals surface area contributed by atoms with Crippen LogP contribution < -0.4 is 10.3 Å². The average Bonchev–Trinajstić information content (AvgIpc) is 3.25. The van der Waals surface area contributed by atoms with Gasteiger partial charge in [-0.3, -0.25) is 4.57 Å². The molecule has 0 aliphatic carbocycles. The second-order valence-corrected chi connectivity index (χ2v) is 8.96. The zero-order valence-corrected chi connectivity index (χ0v) is 19.1. The highest BCUT2D eigenvalue weighted by Gasteiger charge is 2.38. The minimum atomic E-state index is -3.88. The van der Waals surface area contributed by atoms with E-state index in [1.807, 2.05) is 6.07 Å². The molecular formula is C20H31N2O9P. The van der Waals surface area contributed by atoms with Crippen molar-refractivity contribution in [2.75, 3.05) is 38.3 Å². The van der Waals surface area contributed by atoms with Crippen LogP contribution in [0.5, 0.6) is 0 Å². The van der Waals surface area contributed by atoms with Crippen molar-refractivity contribution in [3.8, 4) is 11.5 Å². The molecule has 1 aromatic heterocycles. The standard InChI is InChI=1S/C20H31N2O9P/c1-4-29-32(28,30-5-2)19-20(31-18(21-19)13-9-7-6-8-10-13)22(3)11-14(24)16(26)17(27)15(25)12-23/h6-10,14-17,23-27H,4-5,11-12H2,1-3H3/t14-,15-,16-,17-/m0/s1. The largest absolute Gasteiger partial charge is 0.419 e. The smallest absolute Gasteiger partial charge is 0.385 e. The molecule has 0 saturated carbocycles. The van der Waals surface area contributed by atoms with Gasteiger partial charge in [0.05, 0.1) is 19.8 Å². The van der Waals surface area contributed by atoms with Gasteiger partial charge in [-0.25, -0.2) is 0 Å². The molecule has 0 aliphatic heterocycles. The SMILES string of the molecule is CCOP(=O)(OCC)c1nc(-c2ccccc2)oc1N(C)C[C@H](O)[C@H](O)[C@@H](O)[C@@H](O)CO. The molecule has 4 atom stereocenters. The summed E-state index contributed by atoms with van der Waals surface area (Å²) in [5.41, 5.74) is 0.509. The van der Waals surface area contributed by atoms with E-state index in [4.69, 9.17) is 18.6 Å². The topological polar surface area (TPSA) is 166 Å². The van der Waals surface area contributed by atoms with Crippen LogP contribution in [0.3, 0.4) is 0 Å². The number of anilines is 1. The van der Waals surface area contributed by atoms with E-state index in [-0.39, 0.29) is 37.0 Å². The minimum absolute atomic E-state index is 0.0162. The van der Waals surface area contributed by atoms with Crippen molar-refractivity contribution in [3.63, 3.8) is 0 Å². The molecule has 12 heteroatoms. The van der Waals surface area contributed by atoms with Crippen LogP contribution in [0.1, 0.15) is 13.8 Å². The Balaban J connectivity index is 2.41. The predicted molar refractivity (Wildman–Crippen MR) is 117 cm³/mol. The molecule has 0 bridgehead atoms. The lowest BCUT2D eigenvalue weighted by molar-refractivity contribution is -0.112. The van der Waals surface area contributed by atoms with Crippen LogP contribution in [0.25, 0.3) is 11.5 Å². The van der Waals surface area contributed by atoms with Crippen LogP contribution in [0.4, 0.5) is 5.88 Å². The van der Waals surface area contributed by atoms with Gasteiger partial charge in [0.2, 0.25) is 17.2 Å². The van der Waals surface area contributed by atoms with Gasteiger partial charge < -0.3 is 43.9 Å². The van der Waals surface area contributed by atoms with E-state index < -0.39 is 38.6 Å². The number of aliphatic hydroxyl groups is 5. The highest BCUT2D eigenvalue weighted by molar-refractivity contribution is 7.62. The fourth-order valence-corrected chi connectivity index (χ4v) is 4.63. The van der Waals surface area contributed by atoms with Crippen LogP contribution >= 0.6 is 7.60 Å². The number of oxazole rings is 1. The third kappa shape index (κ3) is 6.15. The van der Waals surface area contributed by atoms with Crippen LogP contribution in [0.2, 0.25) is 0 Å². The molecule has 2 aromatic rings. The first-order chi connectivity index (χ1) is 15.2. The van der Waals surface area contributed by atoms with Crippen molar-refractivity contribution < 1.29 is 43.6 Å². The quantitative estimate of drug-likeness (QED) is 0.250. The fourth-order valence-electron chi connectivity index (χ4n) is 2.97. The Bertz CT molecular complexity index is 869. The average molecular weight is 474 g/mol. The molecule has 0 unspecified atom stereocenters. The Kier molecular flexibility index (Phi) is 9.81. The number of aliphatic hydroxyl groups excluding tert-OH is 5. The Labute approximate surface area is 186 Å². The van der Waals surface area contributed by atoms with Crippen LogP contribution in [0, 0.1) is 0 Å². The van der Waals surface area contributed by atoms with Crippen LogP contribution in [0.15, 0.2) is 34.7 Å². The first kappa shape index (κ1) is 26.4. The van der Waals surface area contributed by atoms with Gasteiger partial charge in [0.25, 0.3) is 0 Å². The van der Waals surface area contributed by atoms with Gasteiger partial charge in [-0.1, -0.05) is 18.2 Å². The number of nitrogens with zero attached hydrogens (tertiary/aromatic N) is 2. The third-order valence-corrected chi connectivity index (χ3v) is 6.61. The maximum Gasteiger partial charge on any atom is 0.385 e. The Morgan fingerprint density at radius 3 is 2.12 bits per heavy atom. The summed E-state index contributed by atoms with van der Waals surface area (Å²) < 4.78 is 30.1. The van der Waals surface area contributed by atoms with E-state index in [2.05, 4.69) is 4.98 Å². The summed E-state index contributed by atoms with van der Waals surface area (Å²) in [4.78, 5) is 5.69. The van der Waals surface area contributed by atoms with Crippen LogP contribution in [-0.2, 0) is 13.6 Å². The molecule has 2 rings (SSSR count). The summed E-state index contributed by atoms with van der Waals surface area (Å²) in [6.07, 6.45) is -6.75. The van der Waals surface area contributed by atoms with Gasteiger partial charge in [-0.05, 0) is 26.0 Å². The van der Waals surface area contributed by atoms with Crippen molar-refractivity contribution in [3.05, 3.63) is 30.3 Å². The molecule has 180 valence electrons. The number of likely N-dealkylation sites (N-methyl/N-ethyl adjacent to an activating group) is 1. The fraction of sp³-hybridized carbons (Fsp3) is 0.550. The molecule has 0 aliphatic rings. The summed E-state index contributed by atoms with van der Waals surface area (Å²) in [6, 6.07) is 8.87. The van der Waals surface area contributed by atoms with Gasteiger partial charge in [0.1, 0.15) is 24.4 Å². The molecule has 32 heavy (non-hydrogen) atoms. The number of hydrogen-bond acceptors (Lipinski definition) is 11. The van der Waals surface area contributed by atoms with E-state index in [0.29, 0.717) is 5.56 Å². The van der Waals surface area contributed by atoms with E-state index in [1.54, 1.807) is 38.1 Å². The van der Waals surface area contributed by atoms with Gasteiger partial charge in [0, 0.05) is 19.2 Å². The maximum absolute atomic E-state index is 13.4. The molecule has 1 aromatic carbocycles. The molecule has 0 amide bonds. The highest BCUT2D eigenvalue weighted by Crippen LogP contribution is 2.49. The summed E-state index contributed by atoms with van der Waals surface area (Å²) in [5.74, 6) is 0.130. The lowest BCUT2D eigenvalue weighted by atomic mass is 10.0. The van der Waals surface area contributed by atoms with Crippen LogP contribution in [-0.4, -0.2) is 88.3 Å². The van der Waals surface area contributed by atoms with Crippen molar-refractivity contribution in [2.24, 2.45) is 0 Å². The van der Waals surface area contributed by atoms with Crippen molar-refractivity contribution in [1.82, 2.24) is 4.98 Å². The second-order valence-electron chi connectivity index (χ2n) is 7.03. The van der Waals surface area contributed by atoms with Crippen molar-refractivity contribution in [1.29, 1.82) is 0 Å². The van der Waals surface area contributed by atoms with Gasteiger partial charge >= 0.3 is 7.60 Å². The Morgan fingerprint density at radius 2 is 1.59 bits per heavy atom. The maximum atomic E-state index is 13.4. The second kappa shape index (κ2) is 11.9. The first-order valence-corrected chi connectivity index (χ1v) is 11.7. The van der Waals surface area contributed by atoms with Gasteiger partial charge in [0.15, 0.2) is 0 Å². The van der Waals surface area contributed by atoms with E-state index in [1.165, 1.54) is 11.9 Å². The van der Waals surface area contributed by atoms with E-state index in [9.17, 15) is 25.0 Å². The Morgan fingerprint density at radius 1 is 1.03 bits per heavy atom. The molecule has 0 radical (unpaired) electrons. The summed E-state index contributed by atoms with van der Waals surface area (Å²) in [5, 5.41) is 48.8. The molecule has 0 spiro atoms. The zero-order chi connectivity index (χ0) is 23.9.